The van der Waals surface area contributed by atoms with Gasteiger partial charge in [-0.2, -0.15) is 0 Å². The van der Waals surface area contributed by atoms with Gasteiger partial charge in [-0.1, -0.05) is 49.9 Å². The highest BCUT2D eigenvalue weighted by Crippen LogP contribution is 2.25. The van der Waals surface area contributed by atoms with Crippen molar-refractivity contribution in [3.05, 3.63) is 34.9 Å². The average molecular weight is 337 g/mol. The van der Waals surface area contributed by atoms with E-state index in [1.54, 1.807) is 0 Å². The van der Waals surface area contributed by atoms with E-state index in [4.69, 9.17) is 11.6 Å². The summed E-state index contributed by atoms with van der Waals surface area (Å²) in [4.78, 5) is 14.9. The van der Waals surface area contributed by atoms with Crippen molar-refractivity contribution in [1.82, 2.24) is 10.2 Å². The smallest absolute Gasteiger partial charge is 0.318 e. The van der Waals surface area contributed by atoms with Gasteiger partial charge in [0.1, 0.15) is 0 Å². The van der Waals surface area contributed by atoms with Crippen LogP contribution >= 0.6 is 11.6 Å². The first-order valence-corrected chi connectivity index (χ1v) is 9.16. The molecule has 23 heavy (non-hydrogen) atoms. The molecule has 1 N–H and O–H groups in total. The Morgan fingerprint density at radius 1 is 1.22 bits per heavy atom. The van der Waals surface area contributed by atoms with Crippen LogP contribution in [0.1, 0.15) is 64.9 Å². The molecule has 0 aromatic heterocycles. The molecular weight excluding hydrogens is 308 g/mol. The fraction of sp³-hybridized carbons (Fsp3) is 0.632. The van der Waals surface area contributed by atoms with Gasteiger partial charge in [0.2, 0.25) is 0 Å². The first-order chi connectivity index (χ1) is 10.9. The maximum atomic E-state index is 12.9. The lowest BCUT2D eigenvalue weighted by Gasteiger charge is -2.37. The van der Waals surface area contributed by atoms with E-state index < -0.39 is 5.54 Å². The first kappa shape index (κ1) is 18.1. The summed E-state index contributed by atoms with van der Waals surface area (Å²) >= 11 is 5.97. The second-order valence-electron chi connectivity index (χ2n) is 7.05. The van der Waals surface area contributed by atoms with Gasteiger partial charge in [0, 0.05) is 17.6 Å². The van der Waals surface area contributed by atoms with E-state index in [2.05, 4.69) is 17.1 Å². The minimum absolute atomic E-state index is 0.0544. The second kappa shape index (κ2) is 8.05. The van der Waals surface area contributed by atoms with E-state index >= 15 is 0 Å². The van der Waals surface area contributed by atoms with E-state index in [9.17, 15) is 4.79 Å². The van der Waals surface area contributed by atoms with Crippen LogP contribution in [0.3, 0.4) is 0 Å². The van der Waals surface area contributed by atoms with Gasteiger partial charge in [0.15, 0.2) is 0 Å². The number of benzene rings is 1. The standard InChI is InChI=1S/C19H29ClN2O/c1-4-14-22(17-8-6-5-7-9-17)18(23)21-19(2,3)15-10-12-16(20)13-11-15/h10-13,17H,4-9,14H2,1-3H3,(H,21,23). The molecule has 1 fully saturated rings. The van der Waals surface area contributed by atoms with Crippen molar-refractivity contribution in [2.24, 2.45) is 0 Å². The van der Waals surface area contributed by atoms with Crippen LogP contribution in [0.5, 0.6) is 0 Å². The van der Waals surface area contributed by atoms with Gasteiger partial charge in [0.05, 0.1) is 5.54 Å². The zero-order chi connectivity index (χ0) is 16.9. The Labute approximate surface area is 145 Å². The topological polar surface area (TPSA) is 32.3 Å². The largest absolute Gasteiger partial charge is 0.329 e. The molecule has 0 saturated heterocycles. The van der Waals surface area contributed by atoms with E-state index in [1.807, 2.05) is 38.1 Å². The van der Waals surface area contributed by atoms with Crippen molar-refractivity contribution in [1.29, 1.82) is 0 Å². The van der Waals surface area contributed by atoms with Crippen LogP contribution in [-0.2, 0) is 5.54 Å². The van der Waals surface area contributed by atoms with Crippen LogP contribution < -0.4 is 5.32 Å². The molecule has 0 spiro atoms. The van der Waals surface area contributed by atoms with Gasteiger partial charge in [-0.05, 0) is 50.8 Å². The number of rotatable bonds is 5. The maximum absolute atomic E-state index is 12.9. The molecule has 0 radical (unpaired) electrons. The van der Waals surface area contributed by atoms with Crippen molar-refractivity contribution in [2.75, 3.05) is 6.54 Å². The second-order valence-corrected chi connectivity index (χ2v) is 7.48. The third kappa shape index (κ3) is 4.87. The van der Waals surface area contributed by atoms with Gasteiger partial charge in [-0.15, -0.1) is 0 Å². The minimum atomic E-state index is -0.414. The maximum Gasteiger partial charge on any atom is 0.318 e. The zero-order valence-electron chi connectivity index (χ0n) is 14.6. The van der Waals surface area contributed by atoms with E-state index in [0.717, 1.165) is 31.4 Å². The van der Waals surface area contributed by atoms with Crippen molar-refractivity contribution in [3.8, 4) is 0 Å². The van der Waals surface area contributed by atoms with Crippen molar-refractivity contribution in [2.45, 2.75) is 70.9 Å². The summed E-state index contributed by atoms with van der Waals surface area (Å²) in [5.41, 5.74) is 0.651. The number of carbonyl (C=O) groups is 1. The fourth-order valence-electron chi connectivity index (χ4n) is 3.36. The third-order valence-electron chi connectivity index (χ3n) is 4.73. The molecule has 4 heteroatoms. The molecule has 2 amide bonds. The minimum Gasteiger partial charge on any atom is -0.329 e. The Balaban J connectivity index is 2.08. The summed E-state index contributed by atoms with van der Waals surface area (Å²) in [6, 6.07) is 8.15. The molecule has 1 aliphatic carbocycles. The van der Waals surface area contributed by atoms with Gasteiger partial charge in [-0.3, -0.25) is 0 Å². The summed E-state index contributed by atoms with van der Waals surface area (Å²) in [5.74, 6) is 0. The highest BCUT2D eigenvalue weighted by Gasteiger charge is 2.29. The van der Waals surface area contributed by atoms with Crippen LogP contribution in [-0.4, -0.2) is 23.5 Å². The molecule has 1 aromatic rings. The fourth-order valence-corrected chi connectivity index (χ4v) is 3.49. The monoisotopic (exact) mass is 336 g/mol. The molecule has 3 nitrogen and oxygen atoms in total. The molecular formula is C19H29ClN2O. The predicted molar refractivity (Wildman–Crippen MR) is 96.9 cm³/mol. The number of nitrogens with zero attached hydrogens (tertiary/aromatic N) is 1. The molecule has 1 aromatic carbocycles. The number of amides is 2. The molecule has 0 unspecified atom stereocenters. The predicted octanol–water partition coefficient (Wildman–Crippen LogP) is 5.33. The van der Waals surface area contributed by atoms with Crippen LogP contribution in [0.25, 0.3) is 0 Å². The quantitative estimate of drug-likeness (QED) is 0.774. The van der Waals surface area contributed by atoms with E-state index in [-0.39, 0.29) is 6.03 Å². The summed E-state index contributed by atoms with van der Waals surface area (Å²) in [6.07, 6.45) is 7.03. The van der Waals surface area contributed by atoms with E-state index in [1.165, 1.54) is 19.3 Å². The molecule has 0 atom stereocenters. The Bertz CT molecular complexity index is 507. The number of nitrogens with one attached hydrogen (secondary N) is 1. The first-order valence-electron chi connectivity index (χ1n) is 8.79. The zero-order valence-corrected chi connectivity index (χ0v) is 15.3. The van der Waals surface area contributed by atoms with Gasteiger partial charge >= 0.3 is 6.03 Å². The normalized spacial score (nSPS) is 16.2. The van der Waals surface area contributed by atoms with Crippen LogP contribution in [0.15, 0.2) is 24.3 Å². The number of urea groups is 1. The average Bonchev–Trinajstić information content (AvgIpc) is 2.53. The molecule has 0 aliphatic heterocycles. The molecule has 2 rings (SSSR count). The van der Waals surface area contributed by atoms with Crippen molar-refractivity contribution < 1.29 is 4.79 Å². The van der Waals surface area contributed by atoms with Gasteiger partial charge in [0.25, 0.3) is 0 Å². The lowest BCUT2D eigenvalue weighted by atomic mass is 9.93. The molecule has 0 bridgehead atoms. The summed E-state index contributed by atoms with van der Waals surface area (Å²) in [6.45, 7) is 7.04. The summed E-state index contributed by atoms with van der Waals surface area (Å²) in [7, 11) is 0. The Morgan fingerprint density at radius 2 is 1.83 bits per heavy atom. The number of halogens is 1. The SMILES string of the molecule is CCCN(C(=O)NC(C)(C)c1ccc(Cl)cc1)C1CCCCC1. The highest BCUT2D eigenvalue weighted by atomic mass is 35.5. The highest BCUT2D eigenvalue weighted by molar-refractivity contribution is 6.30. The van der Waals surface area contributed by atoms with Crippen molar-refractivity contribution >= 4 is 17.6 Å². The number of hydrogen-bond donors (Lipinski definition) is 1. The number of carbonyl (C=O) groups excluding carboxylic acids is 1. The van der Waals surface area contributed by atoms with Gasteiger partial charge in [-0.25, -0.2) is 4.79 Å². The van der Waals surface area contributed by atoms with Crippen LogP contribution in [0.2, 0.25) is 5.02 Å². The molecule has 1 aliphatic rings. The van der Waals surface area contributed by atoms with E-state index in [0.29, 0.717) is 11.1 Å². The van der Waals surface area contributed by atoms with Crippen LogP contribution in [0.4, 0.5) is 4.79 Å². The Hall–Kier alpha value is -1.22. The molecule has 128 valence electrons. The lowest BCUT2D eigenvalue weighted by molar-refractivity contribution is 0.147. The number of hydrogen-bond acceptors (Lipinski definition) is 1. The summed E-state index contributed by atoms with van der Waals surface area (Å²) in [5, 5.41) is 3.93. The van der Waals surface area contributed by atoms with Gasteiger partial charge < -0.3 is 10.2 Å². The summed E-state index contributed by atoms with van der Waals surface area (Å²) < 4.78 is 0. The molecule has 1 saturated carbocycles. The van der Waals surface area contributed by atoms with Crippen molar-refractivity contribution in [3.63, 3.8) is 0 Å². The molecule has 0 heterocycles. The Morgan fingerprint density at radius 3 is 2.39 bits per heavy atom. The third-order valence-corrected chi connectivity index (χ3v) is 4.98. The van der Waals surface area contributed by atoms with Crippen LogP contribution in [0, 0.1) is 0 Å². The lowest BCUT2D eigenvalue weighted by Crippen LogP contribution is -2.52. The Kier molecular flexibility index (Phi) is 6.34.